The van der Waals surface area contributed by atoms with Gasteiger partial charge in [0.2, 0.25) is 0 Å². The second kappa shape index (κ2) is 7.04. The summed E-state index contributed by atoms with van der Waals surface area (Å²) in [5.74, 6) is 1.01. The number of ether oxygens (including phenoxy) is 1. The highest BCUT2D eigenvalue weighted by molar-refractivity contribution is 7.99. The highest BCUT2D eigenvalue weighted by atomic mass is 32.2. The van der Waals surface area contributed by atoms with Crippen LogP contribution in [0.3, 0.4) is 0 Å². The SMILES string of the molecule is NC1CCCCC1OCCSc1ccccc1. The Hall–Kier alpha value is -0.510. The number of rotatable bonds is 5. The summed E-state index contributed by atoms with van der Waals surface area (Å²) in [6.07, 6.45) is 5.08. The maximum atomic E-state index is 6.04. The number of nitrogens with two attached hydrogens (primary N) is 1. The van der Waals surface area contributed by atoms with Gasteiger partial charge in [-0.2, -0.15) is 0 Å². The fourth-order valence-electron chi connectivity index (χ4n) is 2.21. The summed E-state index contributed by atoms with van der Waals surface area (Å²) in [6, 6.07) is 10.7. The molecule has 1 aromatic carbocycles. The van der Waals surface area contributed by atoms with Gasteiger partial charge in [-0.25, -0.2) is 0 Å². The Morgan fingerprint density at radius 2 is 1.94 bits per heavy atom. The molecule has 2 atom stereocenters. The summed E-state index contributed by atoms with van der Waals surface area (Å²) in [6.45, 7) is 0.803. The predicted molar refractivity (Wildman–Crippen MR) is 73.3 cm³/mol. The molecule has 0 radical (unpaired) electrons. The molecule has 17 heavy (non-hydrogen) atoms. The van der Waals surface area contributed by atoms with Gasteiger partial charge in [-0.1, -0.05) is 31.0 Å². The summed E-state index contributed by atoms with van der Waals surface area (Å²) in [4.78, 5) is 1.31. The van der Waals surface area contributed by atoms with Crippen molar-refractivity contribution in [3.8, 4) is 0 Å². The minimum Gasteiger partial charge on any atom is -0.376 e. The van der Waals surface area contributed by atoms with Crippen LogP contribution >= 0.6 is 11.8 Å². The molecule has 2 nitrogen and oxygen atoms in total. The summed E-state index contributed by atoms with van der Waals surface area (Å²) >= 11 is 1.84. The molecule has 3 heteroatoms. The van der Waals surface area contributed by atoms with E-state index in [-0.39, 0.29) is 6.04 Å². The van der Waals surface area contributed by atoms with Crippen LogP contribution in [-0.4, -0.2) is 24.5 Å². The molecule has 0 bridgehead atoms. The number of thioether (sulfide) groups is 1. The van der Waals surface area contributed by atoms with E-state index in [1.54, 1.807) is 0 Å². The average Bonchev–Trinajstić information content (AvgIpc) is 2.38. The van der Waals surface area contributed by atoms with Crippen LogP contribution in [0, 0.1) is 0 Å². The van der Waals surface area contributed by atoms with Gasteiger partial charge >= 0.3 is 0 Å². The topological polar surface area (TPSA) is 35.2 Å². The van der Waals surface area contributed by atoms with E-state index in [1.807, 2.05) is 17.8 Å². The van der Waals surface area contributed by atoms with Gasteiger partial charge in [0, 0.05) is 16.7 Å². The molecule has 1 aliphatic rings. The van der Waals surface area contributed by atoms with Crippen LogP contribution in [0.4, 0.5) is 0 Å². The Morgan fingerprint density at radius 3 is 2.71 bits per heavy atom. The lowest BCUT2D eigenvalue weighted by Crippen LogP contribution is -2.39. The summed E-state index contributed by atoms with van der Waals surface area (Å²) < 4.78 is 5.87. The third-order valence-corrected chi connectivity index (χ3v) is 4.16. The lowest BCUT2D eigenvalue weighted by atomic mass is 9.93. The number of hydrogen-bond donors (Lipinski definition) is 1. The van der Waals surface area contributed by atoms with Crippen molar-refractivity contribution >= 4 is 11.8 Å². The maximum Gasteiger partial charge on any atom is 0.0726 e. The minimum absolute atomic E-state index is 0.255. The van der Waals surface area contributed by atoms with Crippen LogP contribution in [-0.2, 0) is 4.74 Å². The molecule has 1 fully saturated rings. The average molecular weight is 251 g/mol. The molecule has 1 aliphatic carbocycles. The Labute approximate surface area is 108 Å². The highest BCUT2D eigenvalue weighted by Crippen LogP contribution is 2.21. The first-order valence-corrected chi connectivity index (χ1v) is 7.40. The molecule has 2 rings (SSSR count). The van der Waals surface area contributed by atoms with Gasteiger partial charge in [0.15, 0.2) is 0 Å². The van der Waals surface area contributed by atoms with Gasteiger partial charge in [0.1, 0.15) is 0 Å². The van der Waals surface area contributed by atoms with Crippen molar-refractivity contribution in [2.24, 2.45) is 5.73 Å². The van der Waals surface area contributed by atoms with Crippen LogP contribution in [0.5, 0.6) is 0 Å². The Morgan fingerprint density at radius 1 is 1.18 bits per heavy atom. The minimum atomic E-state index is 0.255. The molecule has 1 aromatic rings. The molecule has 94 valence electrons. The zero-order valence-electron chi connectivity index (χ0n) is 10.2. The van der Waals surface area contributed by atoms with E-state index in [2.05, 4.69) is 24.3 Å². The number of hydrogen-bond acceptors (Lipinski definition) is 3. The van der Waals surface area contributed by atoms with Crippen molar-refractivity contribution in [3.05, 3.63) is 30.3 Å². The quantitative estimate of drug-likeness (QED) is 0.645. The lowest BCUT2D eigenvalue weighted by Gasteiger charge is -2.28. The van der Waals surface area contributed by atoms with Crippen LogP contribution in [0.15, 0.2) is 35.2 Å². The first-order chi connectivity index (χ1) is 8.36. The first-order valence-electron chi connectivity index (χ1n) is 6.41. The van der Waals surface area contributed by atoms with Crippen molar-refractivity contribution in [1.82, 2.24) is 0 Å². The molecule has 2 N–H and O–H groups in total. The molecular formula is C14H21NOS. The number of benzene rings is 1. The van der Waals surface area contributed by atoms with Gasteiger partial charge in [-0.15, -0.1) is 11.8 Å². The van der Waals surface area contributed by atoms with E-state index in [1.165, 1.54) is 17.7 Å². The first kappa shape index (κ1) is 12.9. The van der Waals surface area contributed by atoms with E-state index < -0.39 is 0 Å². The van der Waals surface area contributed by atoms with Crippen molar-refractivity contribution in [2.45, 2.75) is 42.7 Å². The summed E-state index contributed by atoms with van der Waals surface area (Å²) in [7, 11) is 0. The molecule has 1 saturated carbocycles. The predicted octanol–water partition coefficient (Wildman–Crippen LogP) is 3.07. The van der Waals surface area contributed by atoms with Crippen LogP contribution < -0.4 is 5.73 Å². The molecule has 0 saturated heterocycles. The van der Waals surface area contributed by atoms with Crippen LogP contribution in [0.25, 0.3) is 0 Å². The van der Waals surface area contributed by atoms with Gasteiger partial charge in [-0.05, 0) is 25.0 Å². The Balaban J connectivity index is 1.63. The standard InChI is InChI=1S/C14H21NOS/c15-13-8-4-5-9-14(13)16-10-11-17-12-6-2-1-3-7-12/h1-3,6-7,13-14H,4-5,8-11,15H2. The summed E-state index contributed by atoms with van der Waals surface area (Å²) in [5, 5.41) is 0. The molecule has 0 aromatic heterocycles. The summed E-state index contributed by atoms with van der Waals surface area (Å²) in [5.41, 5.74) is 6.04. The molecule has 0 heterocycles. The van der Waals surface area contributed by atoms with Gasteiger partial charge < -0.3 is 10.5 Å². The Bertz CT molecular complexity index is 317. The molecule has 0 aliphatic heterocycles. The second-order valence-corrected chi connectivity index (χ2v) is 5.69. The van der Waals surface area contributed by atoms with Crippen molar-refractivity contribution in [3.63, 3.8) is 0 Å². The van der Waals surface area contributed by atoms with E-state index >= 15 is 0 Å². The maximum absolute atomic E-state index is 6.04. The van der Waals surface area contributed by atoms with E-state index in [0.29, 0.717) is 6.10 Å². The zero-order valence-corrected chi connectivity index (χ0v) is 11.0. The normalized spacial score (nSPS) is 24.8. The van der Waals surface area contributed by atoms with Crippen LogP contribution in [0.1, 0.15) is 25.7 Å². The van der Waals surface area contributed by atoms with Gasteiger partial charge in [-0.3, -0.25) is 0 Å². The van der Waals surface area contributed by atoms with E-state index in [9.17, 15) is 0 Å². The van der Waals surface area contributed by atoms with Crippen molar-refractivity contribution in [1.29, 1.82) is 0 Å². The fourth-order valence-corrected chi connectivity index (χ4v) is 2.97. The third kappa shape index (κ3) is 4.34. The van der Waals surface area contributed by atoms with Crippen LogP contribution in [0.2, 0.25) is 0 Å². The largest absolute Gasteiger partial charge is 0.376 e. The lowest BCUT2D eigenvalue weighted by molar-refractivity contribution is 0.0244. The fraction of sp³-hybridized carbons (Fsp3) is 0.571. The molecule has 0 spiro atoms. The highest BCUT2D eigenvalue weighted by Gasteiger charge is 2.21. The smallest absolute Gasteiger partial charge is 0.0726 e. The van der Waals surface area contributed by atoms with Gasteiger partial charge in [0.25, 0.3) is 0 Å². The van der Waals surface area contributed by atoms with Gasteiger partial charge in [0.05, 0.1) is 12.7 Å². The molecule has 2 unspecified atom stereocenters. The monoisotopic (exact) mass is 251 g/mol. The zero-order chi connectivity index (χ0) is 11.9. The Kier molecular flexibility index (Phi) is 5.36. The van der Waals surface area contributed by atoms with Crippen molar-refractivity contribution < 1.29 is 4.74 Å². The third-order valence-electron chi connectivity index (χ3n) is 3.18. The molecule has 0 amide bonds. The second-order valence-electron chi connectivity index (χ2n) is 4.52. The van der Waals surface area contributed by atoms with E-state index in [0.717, 1.165) is 25.2 Å². The van der Waals surface area contributed by atoms with E-state index in [4.69, 9.17) is 10.5 Å². The van der Waals surface area contributed by atoms with Crippen molar-refractivity contribution in [2.75, 3.05) is 12.4 Å². The molecular weight excluding hydrogens is 230 g/mol.